The van der Waals surface area contributed by atoms with Crippen LogP contribution in [0, 0.1) is 0 Å². The van der Waals surface area contributed by atoms with Crippen molar-refractivity contribution in [2.75, 3.05) is 5.32 Å². The normalized spacial score (nSPS) is 11.8. The van der Waals surface area contributed by atoms with Crippen molar-refractivity contribution >= 4 is 11.6 Å². The lowest BCUT2D eigenvalue weighted by Gasteiger charge is -2.17. The molecule has 1 heterocycles. The molecule has 0 amide bonds. The molecule has 0 atom stereocenters. The van der Waals surface area contributed by atoms with Gasteiger partial charge < -0.3 is 10.1 Å². The van der Waals surface area contributed by atoms with Gasteiger partial charge in [-0.15, -0.1) is 0 Å². The van der Waals surface area contributed by atoms with Crippen molar-refractivity contribution in [3.05, 3.63) is 80.6 Å². The fraction of sp³-hybridized carbons (Fsp3) is 0.348. The van der Waals surface area contributed by atoms with E-state index in [0.29, 0.717) is 17.0 Å². The first kappa shape index (κ1) is 24.1. The van der Waals surface area contributed by atoms with Gasteiger partial charge in [-0.25, -0.2) is 14.2 Å². The van der Waals surface area contributed by atoms with E-state index in [1.807, 2.05) is 13.8 Å². The summed E-state index contributed by atoms with van der Waals surface area (Å²) in [7, 11) is 0. The summed E-state index contributed by atoms with van der Waals surface area (Å²) in [4.78, 5) is 29.6. The van der Waals surface area contributed by atoms with Crippen LogP contribution >= 0.6 is 0 Å². The Kier molecular flexibility index (Phi) is 6.95. The molecule has 1 N–H and O–H groups in total. The topological polar surface area (TPSA) is 78.2 Å². The van der Waals surface area contributed by atoms with Crippen molar-refractivity contribution in [2.45, 2.75) is 52.6 Å². The molecule has 176 valence electrons. The minimum atomic E-state index is -4.46. The third-order valence-corrected chi connectivity index (χ3v) is 4.72. The van der Waals surface area contributed by atoms with Gasteiger partial charge >= 0.3 is 17.6 Å². The van der Waals surface area contributed by atoms with Gasteiger partial charge in [0.15, 0.2) is 0 Å². The van der Waals surface area contributed by atoms with Crippen molar-refractivity contribution < 1.29 is 17.9 Å². The number of hydrogen-bond donors (Lipinski definition) is 1. The van der Waals surface area contributed by atoms with Crippen LogP contribution in [0.3, 0.4) is 0 Å². The zero-order chi connectivity index (χ0) is 24.3. The summed E-state index contributed by atoms with van der Waals surface area (Å²) in [6, 6.07) is 10.9. The number of alkyl halides is 3. The first-order valence-electron chi connectivity index (χ1n) is 10.4. The molecule has 0 bridgehead atoms. The average molecular weight is 462 g/mol. The van der Waals surface area contributed by atoms with E-state index in [2.05, 4.69) is 10.3 Å². The number of anilines is 2. The summed E-state index contributed by atoms with van der Waals surface area (Å²) < 4.78 is 46.5. The van der Waals surface area contributed by atoms with Crippen LogP contribution in [0.5, 0.6) is 5.75 Å². The SMILES string of the molecule is CC(C)Oc1ccc(Nc2nc(=O)n(C(C)C)c(=O)n2Cc2ccc(C(F)(F)F)cc2)cc1. The van der Waals surface area contributed by atoms with Crippen LogP contribution in [0.1, 0.15) is 44.9 Å². The van der Waals surface area contributed by atoms with Crippen molar-refractivity contribution in [1.82, 2.24) is 14.1 Å². The molecular weight excluding hydrogens is 437 g/mol. The van der Waals surface area contributed by atoms with Gasteiger partial charge in [0.2, 0.25) is 5.95 Å². The van der Waals surface area contributed by atoms with Crippen LogP contribution in [-0.2, 0) is 12.7 Å². The second-order valence-corrected chi connectivity index (χ2v) is 8.06. The average Bonchev–Trinajstić information content (AvgIpc) is 2.71. The molecule has 2 aromatic carbocycles. The first-order chi connectivity index (χ1) is 15.5. The molecule has 0 unspecified atom stereocenters. The fourth-order valence-electron chi connectivity index (χ4n) is 3.19. The highest BCUT2D eigenvalue weighted by atomic mass is 19.4. The van der Waals surface area contributed by atoms with Gasteiger partial charge in [-0.2, -0.15) is 18.2 Å². The Hall–Kier alpha value is -3.56. The second-order valence-electron chi connectivity index (χ2n) is 8.06. The largest absolute Gasteiger partial charge is 0.491 e. The quantitative estimate of drug-likeness (QED) is 0.556. The van der Waals surface area contributed by atoms with Gasteiger partial charge in [0.1, 0.15) is 5.75 Å². The minimum Gasteiger partial charge on any atom is -0.491 e. The predicted octanol–water partition coefficient (Wildman–Crippen LogP) is 4.58. The van der Waals surface area contributed by atoms with Crippen LogP contribution in [0.25, 0.3) is 0 Å². The number of nitrogens with one attached hydrogen (secondary N) is 1. The van der Waals surface area contributed by atoms with Gasteiger partial charge in [0.25, 0.3) is 0 Å². The van der Waals surface area contributed by atoms with Crippen LogP contribution < -0.4 is 21.4 Å². The molecule has 33 heavy (non-hydrogen) atoms. The van der Waals surface area contributed by atoms with E-state index in [1.54, 1.807) is 38.1 Å². The number of rotatable bonds is 7. The highest BCUT2D eigenvalue weighted by Crippen LogP contribution is 2.29. The van der Waals surface area contributed by atoms with Crippen molar-refractivity contribution in [3.8, 4) is 5.75 Å². The van der Waals surface area contributed by atoms with E-state index in [9.17, 15) is 22.8 Å². The summed E-state index contributed by atoms with van der Waals surface area (Å²) in [5, 5.41) is 2.96. The lowest BCUT2D eigenvalue weighted by molar-refractivity contribution is -0.137. The van der Waals surface area contributed by atoms with E-state index >= 15 is 0 Å². The molecule has 0 aliphatic heterocycles. The van der Waals surface area contributed by atoms with Crippen LogP contribution in [0.2, 0.25) is 0 Å². The van der Waals surface area contributed by atoms with Gasteiger partial charge in [0, 0.05) is 11.7 Å². The number of nitrogens with zero attached hydrogens (tertiary/aromatic N) is 3. The molecular formula is C23H25F3N4O3. The Balaban J connectivity index is 1.99. The highest BCUT2D eigenvalue weighted by Gasteiger charge is 2.30. The number of halogens is 3. The van der Waals surface area contributed by atoms with Gasteiger partial charge in [-0.1, -0.05) is 12.1 Å². The lowest BCUT2D eigenvalue weighted by atomic mass is 10.1. The minimum absolute atomic E-state index is 0.00279. The Morgan fingerprint density at radius 3 is 2.09 bits per heavy atom. The first-order valence-corrected chi connectivity index (χ1v) is 10.4. The molecule has 0 saturated heterocycles. The number of hydrogen-bond acceptors (Lipinski definition) is 5. The van der Waals surface area contributed by atoms with E-state index < -0.39 is 29.2 Å². The summed E-state index contributed by atoms with van der Waals surface area (Å²) in [6.07, 6.45) is -4.46. The van der Waals surface area contributed by atoms with Crippen LogP contribution in [0.15, 0.2) is 58.1 Å². The molecule has 10 heteroatoms. The van der Waals surface area contributed by atoms with Gasteiger partial charge in [0.05, 0.1) is 18.2 Å². The molecule has 3 rings (SSSR count). The van der Waals surface area contributed by atoms with E-state index in [1.165, 1.54) is 16.7 Å². The lowest BCUT2D eigenvalue weighted by Crippen LogP contribution is -2.43. The van der Waals surface area contributed by atoms with E-state index in [-0.39, 0.29) is 18.6 Å². The van der Waals surface area contributed by atoms with Crippen molar-refractivity contribution in [1.29, 1.82) is 0 Å². The Morgan fingerprint density at radius 2 is 1.58 bits per heavy atom. The van der Waals surface area contributed by atoms with Crippen molar-refractivity contribution in [2.24, 2.45) is 0 Å². The molecule has 0 aliphatic carbocycles. The highest BCUT2D eigenvalue weighted by molar-refractivity contribution is 5.54. The maximum Gasteiger partial charge on any atom is 0.416 e. The Labute approximate surface area is 188 Å². The second kappa shape index (κ2) is 9.51. The molecule has 0 saturated carbocycles. The Bertz CT molecular complexity index is 1210. The van der Waals surface area contributed by atoms with Crippen LogP contribution in [0.4, 0.5) is 24.8 Å². The summed E-state index contributed by atoms with van der Waals surface area (Å²) >= 11 is 0. The van der Waals surface area contributed by atoms with Crippen molar-refractivity contribution in [3.63, 3.8) is 0 Å². The molecule has 3 aromatic rings. The molecule has 0 fully saturated rings. The van der Waals surface area contributed by atoms with E-state index in [4.69, 9.17) is 4.74 Å². The number of aromatic nitrogens is 3. The smallest absolute Gasteiger partial charge is 0.416 e. The molecule has 7 nitrogen and oxygen atoms in total. The number of ether oxygens (including phenoxy) is 1. The van der Waals surface area contributed by atoms with E-state index in [0.717, 1.165) is 16.7 Å². The third kappa shape index (κ3) is 5.82. The summed E-state index contributed by atoms with van der Waals surface area (Å²) in [5.41, 5.74) is -1.12. The third-order valence-electron chi connectivity index (χ3n) is 4.72. The number of benzene rings is 2. The van der Waals surface area contributed by atoms with Gasteiger partial charge in [-0.3, -0.25) is 4.57 Å². The summed E-state index contributed by atoms with van der Waals surface area (Å²) in [5.74, 6) is 0.639. The summed E-state index contributed by atoms with van der Waals surface area (Å²) in [6.45, 7) is 7.08. The predicted molar refractivity (Wildman–Crippen MR) is 119 cm³/mol. The zero-order valence-electron chi connectivity index (χ0n) is 18.7. The molecule has 0 radical (unpaired) electrons. The molecule has 0 spiro atoms. The maximum absolute atomic E-state index is 13.1. The zero-order valence-corrected chi connectivity index (χ0v) is 18.7. The fourth-order valence-corrected chi connectivity index (χ4v) is 3.19. The molecule has 0 aliphatic rings. The van der Waals surface area contributed by atoms with Gasteiger partial charge in [-0.05, 0) is 69.7 Å². The monoisotopic (exact) mass is 462 g/mol. The Morgan fingerprint density at radius 1 is 0.970 bits per heavy atom. The standard InChI is InChI=1S/C23H25F3N4O3/c1-14(2)30-21(31)28-20(27-18-9-11-19(12-10-18)33-15(3)4)29(22(30)32)13-16-5-7-17(8-6-16)23(24,25)26/h5-12,14-15H,13H2,1-4H3,(H,27,28,31). The molecule has 1 aromatic heterocycles. The van der Waals surface area contributed by atoms with Crippen LogP contribution in [-0.4, -0.2) is 20.2 Å². The maximum atomic E-state index is 13.1.